The molecule has 0 spiro atoms. The minimum Gasteiger partial charge on any atom is -0.395 e. The molecule has 0 unspecified atom stereocenters. The van der Waals surface area contributed by atoms with Gasteiger partial charge in [-0.25, -0.2) is 0 Å². The Labute approximate surface area is 70.5 Å². The number of aliphatic hydroxyl groups excluding tert-OH is 2. The zero-order chi connectivity index (χ0) is 9.40. The van der Waals surface area contributed by atoms with Gasteiger partial charge in [0.2, 0.25) is 12.2 Å². The van der Waals surface area contributed by atoms with Crippen molar-refractivity contribution in [2.75, 3.05) is 26.3 Å². The fourth-order valence-electron chi connectivity index (χ4n) is 0.704. The average Bonchev–Trinajstić information content (AvgIpc) is 2.04. The van der Waals surface area contributed by atoms with Gasteiger partial charge in [-0.1, -0.05) is 0 Å². The van der Waals surface area contributed by atoms with Crippen LogP contribution in [-0.2, 0) is 0 Å². The summed E-state index contributed by atoms with van der Waals surface area (Å²) in [4.78, 5) is 4.69. The fraction of sp³-hybridized carbons (Fsp3) is 0.667. The molecule has 0 aliphatic heterocycles. The molecule has 6 nitrogen and oxygen atoms in total. The van der Waals surface area contributed by atoms with E-state index in [0.29, 0.717) is 0 Å². The van der Waals surface area contributed by atoms with Crippen molar-refractivity contribution < 1.29 is 10.2 Å². The van der Waals surface area contributed by atoms with Gasteiger partial charge in [0, 0.05) is 13.1 Å². The molecule has 0 aliphatic carbocycles. The Kier molecular flexibility index (Phi) is 5.69. The molecule has 6 heteroatoms. The summed E-state index contributed by atoms with van der Waals surface area (Å²) in [6, 6.07) is 0. The number of nitriles is 1. The second-order valence-corrected chi connectivity index (χ2v) is 2.00. The number of hydrogen-bond acceptors (Lipinski definition) is 4. The Morgan fingerprint density at radius 1 is 1.42 bits per heavy atom. The summed E-state index contributed by atoms with van der Waals surface area (Å²) in [5.74, 6) is 0.0144. The smallest absolute Gasteiger partial charge is 0.209 e. The van der Waals surface area contributed by atoms with Crippen molar-refractivity contribution in [1.29, 1.82) is 5.26 Å². The van der Waals surface area contributed by atoms with E-state index < -0.39 is 0 Å². The third-order valence-corrected chi connectivity index (χ3v) is 1.23. The van der Waals surface area contributed by atoms with Crippen molar-refractivity contribution in [3.05, 3.63) is 0 Å². The number of nitrogens with zero attached hydrogens (tertiary/aromatic N) is 3. The van der Waals surface area contributed by atoms with Crippen LogP contribution >= 0.6 is 0 Å². The molecule has 0 aromatic heterocycles. The summed E-state index contributed by atoms with van der Waals surface area (Å²) in [7, 11) is 0. The van der Waals surface area contributed by atoms with Crippen LogP contribution in [0, 0.1) is 11.5 Å². The van der Waals surface area contributed by atoms with Crippen LogP contribution in [0.3, 0.4) is 0 Å². The van der Waals surface area contributed by atoms with E-state index in [1.54, 1.807) is 0 Å². The maximum Gasteiger partial charge on any atom is 0.209 e. The topological polar surface area (TPSA) is 106 Å². The van der Waals surface area contributed by atoms with Crippen LogP contribution in [0.4, 0.5) is 0 Å². The summed E-state index contributed by atoms with van der Waals surface area (Å²) in [5, 5.41) is 25.3. The van der Waals surface area contributed by atoms with Crippen LogP contribution in [0.1, 0.15) is 0 Å². The van der Waals surface area contributed by atoms with Gasteiger partial charge >= 0.3 is 0 Å². The zero-order valence-electron chi connectivity index (χ0n) is 6.64. The van der Waals surface area contributed by atoms with E-state index in [1.165, 1.54) is 11.1 Å². The van der Waals surface area contributed by atoms with Gasteiger partial charge in [-0.15, -0.1) is 4.99 Å². The number of aliphatic imine (C=N–C) groups is 1. The second kappa shape index (κ2) is 6.39. The summed E-state index contributed by atoms with van der Waals surface area (Å²) in [5.41, 5.74) is 5.33. The van der Waals surface area contributed by atoms with Gasteiger partial charge in [0.15, 0.2) is 0 Å². The van der Waals surface area contributed by atoms with E-state index in [-0.39, 0.29) is 32.3 Å². The summed E-state index contributed by atoms with van der Waals surface area (Å²) in [6.07, 6.45) is 1.52. The van der Waals surface area contributed by atoms with Crippen LogP contribution in [-0.4, -0.2) is 47.4 Å². The zero-order valence-corrected chi connectivity index (χ0v) is 6.64. The lowest BCUT2D eigenvalue weighted by Gasteiger charge is -2.19. The van der Waals surface area contributed by atoms with Crippen molar-refractivity contribution in [2.24, 2.45) is 10.7 Å². The first-order valence-corrected chi connectivity index (χ1v) is 3.45. The Hall–Kier alpha value is -1.32. The monoisotopic (exact) mass is 172 g/mol. The van der Waals surface area contributed by atoms with Gasteiger partial charge in [0.1, 0.15) is 0 Å². The number of nitrogens with two attached hydrogens (primary N) is 1. The quantitative estimate of drug-likeness (QED) is 0.260. The minimum absolute atomic E-state index is 0.0144. The molecule has 0 atom stereocenters. The largest absolute Gasteiger partial charge is 0.395 e. The molecule has 0 aromatic rings. The van der Waals surface area contributed by atoms with Crippen molar-refractivity contribution in [2.45, 2.75) is 0 Å². The molecule has 0 heterocycles. The highest BCUT2D eigenvalue weighted by Crippen LogP contribution is 1.86. The second-order valence-electron chi connectivity index (χ2n) is 2.00. The lowest BCUT2D eigenvalue weighted by atomic mass is 10.5. The third kappa shape index (κ3) is 3.75. The first kappa shape index (κ1) is 10.7. The fourth-order valence-corrected chi connectivity index (χ4v) is 0.704. The third-order valence-electron chi connectivity index (χ3n) is 1.23. The van der Waals surface area contributed by atoms with Crippen LogP contribution in [0.2, 0.25) is 0 Å². The van der Waals surface area contributed by atoms with Crippen LogP contribution < -0.4 is 5.73 Å². The van der Waals surface area contributed by atoms with E-state index in [0.717, 1.165) is 0 Å². The maximum absolute atomic E-state index is 8.56. The SMILES string of the molecule is N#C/N=C(/N)N(CCO)CCO. The summed E-state index contributed by atoms with van der Waals surface area (Å²) in [6.45, 7) is 0.332. The van der Waals surface area contributed by atoms with Gasteiger partial charge in [-0.3, -0.25) is 0 Å². The van der Waals surface area contributed by atoms with E-state index in [9.17, 15) is 0 Å². The highest BCUT2D eigenvalue weighted by atomic mass is 16.3. The lowest BCUT2D eigenvalue weighted by molar-refractivity contribution is 0.211. The number of aliphatic hydroxyl groups is 2. The first-order chi connectivity index (χ1) is 5.76. The molecule has 0 aliphatic rings. The molecule has 12 heavy (non-hydrogen) atoms. The predicted octanol–water partition coefficient (Wildman–Crippen LogP) is -1.93. The molecule has 0 bridgehead atoms. The predicted molar refractivity (Wildman–Crippen MR) is 43.0 cm³/mol. The molecule has 0 saturated carbocycles. The molecule has 0 radical (unpaired) electrons. The summed E-state index contributed by atoms with van der Waals surface area (Å²) >= 11 is 0. The van der Waals surface area contributed by atoms with Crippen molar-refractivity contribution >= 4 is 5.96 Å². The van der Waals surface area contributed by atoms with Gasteiger partial charge in [-0.2, -0.15) is 5.26 Å². The van der Waals surface area contributed by atoms with Crippen molar-refractivity contribution in [1.82, 2.24) is 4.90 Å². The number of rotatable bonds is 4. The standard InChI is InChI=1S/C6H12N4O2/c7-5-9-6(8)10(1-3-11)2-4-12/h11-12H,1-4H2,(H2,8,9). The number of hydrogen-bond donors (Lipinski definition) is 3. The molecular formula is C6H12N4O2. The normalized spacial score (nSPS) is 10.9. The lowest BCUT2D eigenvalue weighted by Crippen LogP contribution is -2.40. The van der Waals surface area contributed by atoms with Crippen molar-refractivity contribution in [3.63, 3.8) is 0 Å². The van der Waals surface area contributed by atoms with E-state index in [4.69, 9.17) is 21.2 Å². The molecule has 4 N–H and O–H groups in total. The van der Waals surface area contributed by atoms with Crippen LogP contribution in [0.25, 0.3) is 0 Å². The van der Waals surface area contributed by atoms with Gasteiger partial charge in [-0.05, 0) is 0 Å². The van der Waals surface area contributed by atoms with E-state index in [1.807, 2.05) is 0 Å². The number of guanidine groups is 1. The van der Waals surface area contributed by atoms with Gasteiger partial charge in [0.05, 0.1) is 13.2 Å². The molecular weight excluding hydrogens is 160 g/mol. The Morgan fingerprint density at radius 3 is 2.25 bits per heavy atom. The molecule has 0 aromatic carbocycles. The summed E-state index contributed by atoms with van der Waals surface area (Å²) < 4.78 is 0. The molecule has 68 valence electrons. The Morgan fingerprint density at radius 2 is 1.92 bits per heavy atom. The Bertz CT molecular complexity index is 180. The highest BCUT2D eigenvalue weighted by Gasteiger charge is 2.05. The molecule has 0 rings (SSSR count). The molecule has 0 amide bonds. The average molecular weight is 172 g/mol. The highest BCUT2D eigenvalue weighted by molar-refractivity contribution is 5.78. The van der Waals surface area contributed by atoms with E-state index in [2.05, 4.69) is 4.99 Å². The Balaban J connectivity index is 4.10. The van der Waals surface area contributed by atoms with Gasteiger partial charge < -0.3 is 20.8 Å². The minimum atomic E-state index is -0.0956. The molecule has 0 saturated heterocycles. The van der Waals surface area contributed by atoms with Crippen LogP contribution in [0.5, 0.6) is 0 Å². The molecule has 0 fully saturated rings. The van der Waals surface area contributed by atoms with E-state index >= 15 is 0 Å². The van der Waals surface area contributed by atoms with Gasteiger partial charge in [0.25, 0.3) is 0 Å². The maximum atomic E-state index is 8.56. The first-order valence-electron chi connectivity index (χ1n) is 3.45. The van der Waals surface area contributed by atoms with Crippen LogP contribution in [0.15, 0.2) is 4.99 Å². The van der Waals surface area contributed by atoms with Crippen molar-refractivity contribution in [3.8, 4) is 6.19 Å².